The molecule has 1 aromatic carbocycles. The van der Waals surface area contributed by atoms with Gasteiger partial charge >= 0.3 is 0 Å². The Morgan fingerprint density at radius 1 is 1.44 bits per heavy atom. The van der Waals surface area contributed by atoms with E-state index in [1.54, 1.807) is 6.07 Å². The van der Waals surface area contributed by atoms with Crippen molar-refractivity contribution in [3.63, 3.8) is 0 Å². The highest BCUT2D eigenvalue weighted by molar-refractivity contribution is 5.98. The van der Waals surface area contributed by atoms with Gasteiger partial charge in [0.25, 0.3) is 5.91 Å². The first-order valence-corrected chi connectivity index (χ1v) is 5.05. The first kappa shape index (κ1) is 13.6. The fraction of sp³-hybridized carbons (Fsp3) is 0.0833. The van der Waals surface area contributed by atoms with E-state index in [4.69, 9.17) is 5.41 Å². The summed E-state index contributed by atoms with van der Waals surface area (Å²) < 4.78 is 13.3. The smallest absolute Gasteiger partial charge is 0.260 e. The van der Waals surface area contributed by atoms with Crippen molar-refractivity contribution in [2.24, 2.45) is 0 Å². The summed E-state index contributed by atoms with van der Waals surface area (Å²) in [6.07, 6.45) is 2.84. The topological polar surface area (TPSA) is 73.3 Å². The van der Waals surface area contributed by atoms with Crippen molar-refractivity contribution in [3.05, 3.63) is 47.9 Å². The Morgan fingerprint density at radius 3 is 2.72 bits per heavy atom. The molecule has 0 aliphatic heterocycles. The number of hydrogen-bond donors (Lipinski definition) is 2. The van der Waals surface area contributed by atoms with Crippen LogP contribution in [0.3, 0.4) is 0 Å². The summed E-state index contributed by atoms with van der Waals surface area (Å²) in [5.74, 6) is -1.31. The van der Waals surface area contributed by atoms with Gasteiger partial charge in [-0.3, -0.25) is 15.0 Å². The third kappa shape index (κ3) is 3.51. The summed E-state index contributed by atoms with van der Waals surface area (Å²) in [5, 5.41) is 9.32. The molecule has 0 unspecified atom stereocenters. The van der Waals surface area contributed by atoms with E-state index in [1.807, 2.05) is 0 Å². The minimum absolute atomic E-state index is 0.0560. The molecule has 94 valence electrons. The number of nitrogens with zero attached hydrogens (tertiary/aromatic N) is 1. The van der Waals surface area contributed by atoms with Crippen LogP contribution in [0.2, 0.25) is 0 Å². The van der Waals surface area contributed by atoms with Gasteiger partial charge in [0.1, 0.15) is 11.7 Å². The molecule has 0 radical (unpaired) electrons. The second-order valence-corrected chi connectivity index (χ2v) is 3.39. The number of amidine groups is 1. The summed E-state index contributed by atoms with van der Waals surface area (Å²) >= 11 is 0. The number of carbonyl (C=O) groups excluding carboxylic acids is 2. The monoisotopic (exact) mass is 249 g/mol. The van der Waals surface area contributed by atoms with Crippen LogP contribution in [0.5, 0.6) is 0 Å². The molecule has 0 aromatic heterocycles. The minimum atomic E-state index is -0.608. The molecule has 0 aliphatic rings. The lowest BCUT2D eigenvalue weighted by Gasteiger charge is -2.12. The van der Waals surface area contributed by atoms with Crippen molar-refractivity contribution in [3.8, 4) is 0 Å². The molecule has 0 fully saturated rings. The van der Waals surface area contributed by atoms with Gasteiger partial charge in [-0.1, -0.05) is 12.1 Å². The maximum atomic E-state index is 13.3. The zero-order valence-electron chi connectivity index (χ0n) is 9.68. The molecule has 0 atom stereocenters. The zero-order chi connectivity index (χ0) is 13.5. The van der Waals surface area contributed by atoms with Gasteiger partial charge in [0.05, 0.1) is 5.56 Å². The molecule has 2 N–H and O–H groups in total. The average Bonchev–Trinajstić information content (AvgIpc) is 2.36. The Labute approximate surface area is 103 Å². The zero-order valence-corrected chi connectivity index (χ0v) is 9.68. The lowest BCUT2D eigenvalue weighted by molar-refractivity contribution is -0.108. The summed E-state index contributed by atoms with van der Waals surface area (Å²) in [5.41, 5.74) is -0.0560. The number of nitrogens with one attached hydrogen (secondary N) is 2. The van der Waals surface area contributed by atoms with Crippen LogP contribution in [0.1, 0.15) is 10.4 Å². The Balaban J connectivity index is 2.76. The van der Waals surface area contributed by atoms with E-state index < -0.39 is 11.7 Å². The maximum absolute atomic E-state index is 13.3. The molecule has 5 nitrogen and oxygen atoms in total. The molecule has 1 rings (SSSR count). The number of carbonyl (C=O) groups is 2. The van der Waals surface area contributed by atoms with E-state index in [2.05, 4.69) is 5.32 Å². The van der Waals surface area contributed by atoms with Crippen molar-refractivity contribution < 1.29 is 14.0 Å². The minimum Gasteiger partial charge on any atom is -0.318 e. The molecule has 0 saturated heterocycles. The quantitative estimate of drug-likeness (QED) is 0.477. The highest BCUT2D eigenvalue weighted by Crippen LogP contribution is 2.09. The van der Waals surface area contributed by atoms with E-state index >= 15 is 0 Å². The predicted molar refractivity (Wildman–Crippen MR) is 64.6 cm³/mol. The van der Waals surface area contributed by atoms with Gasteiger partial charge in [0, 0.05) is 13.2 Å². The van der Waals surface area contributed by atoms with Crippen LogP contribution < -0.4 is 5.32 Å². The molecular formula is C12H12FN3O2. The molecule has 18 heavy (non-hydrogen) atoms. The van der Waals surface area contributed by atoms with E-state index in [1.165, 1.54) is 37.5 Å². The van der Waals surface area contributed by atoms with Crippen molar-refractivity contribution >= 4 is 18.2 Å². The Morgan fingerprint density at radius 2 is 2.11 bits per heavy atom. The molecule has 0 heterocycles. The van der Waals surface area contributed by atoms with Crippen LogP contribution in [0, 0.1) is 11.2 Å². The normalized spacial score (nSPS) is 10.1. The lowest BCUT2D eigenvalue weighted by atomic mass is 10.2. The van der Waals surface area contributed by atoms with E-state index in [0.717, 1.165) is 4.90 Å². The third-order valence-electron chi connectivity index (χ3n) is 2.10. The maximum Gasteiger partial charge on any atom is 0.260 e. The van der Waals surface area contributed by atoms with Gasteiger partial charge in [-0.25, -0.2) is 4.39 Å². The summed E-state index contributed by atoms with van der Waals surface area (Å²) in [7, 11) is 1.43. The molecule has 2 amide bonds. The number of benzene rings is 1. The van der Waals surface area contributed by atoms with Gasteiger partial charge in [-0.15, -0.1) is 0 Å². The Kier molecular flexibility index (Phi) is 4.74. The summed E-state index contributed by atoms with van der Waals surface area (Å²) in [6, 6.07) is 5.62. The van der Waals surface area contributed by atoms with Crippen molar-refractivity contribution in [2.75, 3.05) is 7.05 Å². The number of amides is 2. The fourth-order valence-corrected chi connectivity index (χ4v) is 1.19. The lowest BCUT2D eigenvalue weighted by Crippen LogP contribution is -2.24. The van der Waals surface area contributed by atoms with Crippen LogP contribution in [0.25, 0.3) is 0 Å². The van der Waals surface area contributed by atoms with Gasteiger partial charge in [0.15, 0.2) is 0 Å². The molecule has 0 bridgehead atoms. The fourth-order valence-electron chi connectivity index (χ4n) is 1.19. The second kappa shape index (κ2) is 6.29. The molecule has 6 heteroatoms. The van der Waals surface area contributed by atoms with E-state index in [9.17, 15) is 14.0 Å². The molecule has 1 aromatic rings. The van der Waals surface area contributed by atoms with Gasteiger partial charge in [0.2, 0.25) is 6.41 Å². The standard InChI is InChI=1S/C12H12FN3O2/c1-16(7-6-11(14)15-8-17)12(18)9-4-2-3-5-10(9)13/h2-8H,1H3,(H2,14,15,17)/b7-6-. The summed E-state index contributed by atoms with van der Waals surface area (Å²) in [6.45, 7) is 0. The van der Waals surface area contributed by atoms with Gasteiger partial charge in [-0.2, -0.15) is 0 Å². The molecular weight excluding hydrogens is 237 g/mol. The van der Waals surface area contributed by atoms with E-state index in [-0.39, 0.29) is 11.4 Å². The Hall–Kier alpha value is -2.50. The largest absolute Gasteiger partial charge is 0.318 e. The van der Waals surface area contributed by atoms with E-state index in [0.29, 0.717) is 6.41 Å². The predicted octanol–water partition coefficient (Wildman–Crippen LogP) is 1.13. The van der Waals surface area contributed by atoms with Crippen LogP contribution in [0.4, 0.5) is 4.39 Å². The van der Waals surface area contributed by atoms with Crippen molar-refractivity contribution in [1.82, 2.24) is 10.2 Å². The third-order valence-corrected chi connectivity index (χ3v) is 2.10. The van der Waals surface area contributed by atoms with Gasteiger partial charge in [-0.05, 0) is 18.2 Å². The van der Waals surface area contributed by atoms with Crippen LogP contribution in [-0.4, -0.2) is 30.1 Å². The average molecular weight is 249 g/mol. The highest BCUT2D eigenvalue weighted by atomic mass is 19.1. The molecule has 0 aliphatic carbocycles. The van der Waals surface area contributed by atoms with Crippen LogP contribution in [-0.2, 0) is 4.79 Å². The highest BCUT2D eigenvalue weighted by Gasteiger charge is 2.13. The number of rotatable bonds is 4. The SMILES string of the molecule is CN(/C=C\C(=N)NC=O)C(=O)c1ccccc1F. The number of halogens is 1. The van der Waals surface area contributed by atoms with Crippen molar-refractivity contribution in [2.45, 2.75) is 0 Å². The van der Waals surface area contributed by atoms with Crippen molar-refractivity contribution in [1.29, 1.82) is 5.41 Å². The second-order valence-electron chi connectivity index (χ2n) is 3.39. The number of hydrogen-bond acceptors (Lipinski definition) is 3. The Bertz CT molecular complexity index is 500. The van der Waals surface area contributed by atoms with Gasteiger partial charge < -0.3 is 10.2 Å². The summed E-state index contributed by atoms with van der Waals surface area (Å²) in [4.78, 5) is 23.0. The molecule has 0 spiro atoms. The first-order valence-electron chi connectivity index (χ1n) is 5.05. The molecule has 0 saturated carbocycles. The van der Waals surface area contributed by atoms with Crippen LogP contribution in [0.15, 0.2) is 36.5 Å². The van der Waals surface area contributed by atoms with Crippen LogP contribution >= 0.6 is 0 Å². The first-order chi connectivity index (χ1) is 8.56.